The quantitative estimate of drug-likeness (QED) is 0.553. The standard InChI is InChI=1S/C20H21ClN4O3/c1-13(2)10-11-28-20(26)16-12-17(14-4-6-15(21)7-5-14)25(24-16)18-8-9-19(27-3)23-22-18/h4-9,12-13H,10-11H2,1-3H3. The van der Waals surface area contributed by atoms with Crippen molar-refractivity contribution >= 4 is 17.6 Å². The largest absolute Gasteiger partial charge is 0.480 e. The third kappa shape index (κ3) is 4.67. The molecule has 3 rings (SSSR count). The molecular weight excluding hydrogens is 380 g/mol. The van der Waals surface area contributed by atoms with Crippen molar-refractivity contribution in [3.63, 3.8) is 0 Å². The summed E-state index contributed by atoms with van der Waals surface area (Å²) in [5.41, 5.74) is 1.70. The van der Waals surface area contributed by atoms with E-state index >= 15 is 0 Å². The minimum Gasteiger partial charge on any atom is -0.480 e. The van der Waals surface area contributed by atoms with Crippen LogP contribution in [-0.2, 0) is 4.74 Å². The van der Waals surface area contributed by atoms with Gasteiger partial charge in [-0.15, -0.1) is 10.2 Å². The molecule has 0 saturated carbocycles. The van der Waals surface area contributed by atoms with E-state index in [2.05, 4.69) is 29.1 Å². The summed E-state index contributed by atoms with van der Waals surface area (Å²) in [5, 5.41) is 13.1. The van der Waals surface area contributed by atoms with Crippen LogP contribution in [0, 0.1) is 5.92 Å². The van der Waals surface area contributed by atoms with Crippen LogP contribution >= 0.6 is 11.6 Å². The number of carbonyl (C=O) groups is 1. The van der Waals surface area contributed by atoms with Crippen molar-refractivity contribution in [3.05, 3.63) is 53.2 Å². The monoisotopic (exact) mass is 400 g/mol. The van der Waals surface area contributed by atoms with E-state index in [9.17, 15) is 4.79 Å². The molecule has 0 bridgehead atoms. The molecule has 0 amide bonds. The Hall–Kier alpha value is -2.93. The van der Waals surface area contributed by atoms with Gasteiger partial charge in [0.15, 0.2) is 11.5 Å². The van der Waals surface area contributed by atoms with Gasteiger partial charge in [0.2, 0.25) is 5.88 Å². The van der Waals surface area contributed by atoms with E-state index in [1.807, 2.05) is 12.1 Å². The molecule has 0 atom stereocenters. The zero-order valence-corrected chi connectivity index (χ0v) is 16.7. The number of hydrogen-bond acceptors (Lipinski definition) is 6. The summed E-state index contributed by atoms with van der Waals surface area (Å²) in [4.78, 5) is 12.4. The molecule has 0 fully saturated rings. The molecular formula is C20H21ClN4O3. The van der Waals surface area contributed by atoms with Crippen LogP contribution < -0.4 is 4.74 Å². The summed E-state index contributed by atoms with van der Waals surface area (Å²) in [5.74, 6) is 0.810. The Bertz CT molecular complexity index is 937. The Morgan fingerprint density at radius 1 is 1.14 bits per heavy atom. The molecule has 0 saturated heterocycles. The summed E-state index contributed by atoms with van der Waals surface area (Å²) < 4.78 is 11.9. The fourth-order valence-corrected chi connectivity index (χ4v) is 2.60. The van der Waals surface area contributed by atoms with Crippen LogP contribution in [0.3, 0.4) is 0 Å². The average molecular weight is 401 g/mol. The molecule has 7 nitrogen and oxygen atoms in total. The van der Waals surface area contributed by atoms with Crippen LogP contribution in [0.5, 0.6) is 5.88 Å². The smallest absolute Gasteiger partial charge is 0.358 e. The molecule has 0 aliphatic heterocycles. The molecule has 146 valence electrons. The van der Waals surface area contributed by atoms with Crippen LogP contribution in [0.1, 0.15) is 30.8 Å². The fraction of sp³-hybridized carbons (Fsp3) is 0.300. The number of benzene rings is 1. The minimum absolute atomic E-state index is 0.200. The van der Waals surface area contributed by atoms with Gasteiger partial charge in [0, 0.05) is 16.7 Å². The number of methoxy groups -OCH3 is 1. The normalized spacial score (nSPS) is 10.9. The van der Waals surface area contributed by atoms with Crippen molar-refractivity contribution in [2.75, 3.05) is 13.7 Å². The minimum atomic E-state index is -0.476. The van der Waals surface area contributed by atoms with Gasteiger partial charge in [-0.25, -0.2) is 9.48 Å². The van der Waals surface area contributed by atoms with Crippen LogP contribution in [0.4, 0.5) is 0 Å². The van der Waals surface area contributed by atoms with Crippen LogP contribution in [0.2, 0.25) is 5.02 Å². The van der Waals surface area contributed by atoms with Crippen LogP contribution in [0.15, 0.2) is 42.5 Å². The van der Waals surface area contributed by atoms with Gasteiger partial charge in [-0.1, -0.05) is 37.6 Å². The highest BCUT2D eigenvalue weighted by atomic mass is 35.5. The third-order valence-corrected chi connectivity index (χ3v) is 4.29. The lowest BCUT2D eigenvalue weighted by Crippen LogP contribution is -2.10. The SMILES string of the molecule is COc1ccc(-n2nc(C(=O)OCCC(C)C)cc2-c2ccc(Cl)cc2)nn1. The number of carbonyl (C=O) groups excluding carboxylic acids is 1. The summed E-state index contributed by atoms with van der Waals surface area (Å²) in [6.07, 6.45) is 0.792. The predicted octanol–water partition coefficient (Wildman–Crippen LogP) is 4.19. The first-order valence-electron chi connectivity index (χ1n) is 8.89. The second-order valence-electron chi connectivity index (χ2n) is 6.59. The molecule has 0 radical (unpaired) electrons. The van der Waals surface area contributed by atoms with Crippen molar-refractivity contribution in [1.82, 2.24) is 20.0 Å². The number of aromatic nitrogens is 4. The lowest BCUT2D eigenvalue weighted by atomic mass is 10.1. The summed E-state index contributed by atoms with van der Waals surface area (Å²) in [7, 11) is 1.52. The molecule has 1 aromatic carbocycles. The van der Waals surface area contributed by atoms with Crippen molar-refractivity contribution < 1.29 is 14.3 Å². The summed E-state index contributed by atoms with van der Waals surface area (Å²) >= 11 is 5.99. The van der Waals surface area contributed by atoms with Gasteiger partial charge in [-0.05, 0) is 36.6 Å². The van der Waals surface area contributed by atoms with E-state index in [1.54, 1.807) is 35.0 Å². The maximum Gasteiger partial charge on any atom is 0.358 e. The zero-order chi connectivity index (χ0) is 20.1. The van der Waals surface area contributed by atoms with E-state index in [0.717, 1.165) is 12.0 Å². The van der Waals surface area contributed by atoms with Crippen LogP contribution in [0.25, 0.3) is 17.1 Å². The molecule has 2 heterocycles. The molecule has 0 N–H and O–H groups in total. The fourth-order valence-electron chi connectivity index (χ4n) is 2.48. The number of nitrogens with zero attached hydrogens (tertiary/aromatic N) is 4. The third-order valence-electron chi connectivity index (χ3n) is 4.04. The molecule has 0 spiro atoms. The molecule has 0 aliphatic carbocycles. The lowest BCUT2D eigenvalue weighted by Gasteiger charge is -2.07. The van der Waals surface area contributed by atoms with E-state index < -0.39 is 5.97 Å². The lowest BCUT2D eigenvalue weighted by molar-refractivity contribution is 0.0480. The van der Waals surface area contributed by atoms with E-state index in [1.165, 1.54) is 7.11 Å². The van der Waals surface area contributed by atoms with Gasteiger partial charge in [-0.2, -0.15) is 5.10 Å². The van der Waals surface area contributed by atoms with Gasteiger partial charge in [0.05, 0.1) is 19.4 Å². The van der Waals surface area contributed by atoms with Crippen molar-refractivity contribution in [2.24, 2.45) is 5.92 Å². The number of rotatable bonds is 7. The molecule has 8 heteroatoms. The first-order chi connectivity index (χ1) is 13.5. The van der Waals surface area contributed by atoms with Gasteiger partial charge < -0.3 is 9.47 Å². The molecule has 2 aromatic heterocycles. The first kappa shape index (κ1) is 19.8. The number of hydrogen-bond donors (Lipinski definition) is 0. The van der Waals surface area contributed by atoms with Crippen molar-refractivity contribution in [3.8, 4) is 23.0 Å². The first-order valence-corrected chi connectivity index (χ1v) is 9.27. The summed E-state index contributed by atoms with van der Waals surface area (Å²) in [6.45, 7) is 4.50. The Balaban J connectivity index is 1.96. The van der Waals surface area contributed by atoms with Crippen molar-refractivity contribution in [2.45, 2.75) is 20.3 Å². The number of ether oxygens (including phenoxy) is 2. The molecule has 3 aromatic rings. The Morgan fingerprint density at radius 3 is 2.50 bits per heavy atom. The second kappa shape index (κ2) is 8.84. The highest BCUT2D eigenvalue weighted by Crippen LogP contribution is 2.25. The maximum absolute atomic E-state index is 12.4. The molecule has 0 unspecified atom stereocenters. The maximum atomic E-state index is 12.4. The summed E-state index contributed by atoms with van der Waals surface area (Å²) in [6, 6.07) is 12.3. The predicted molar refractivity (Wildman–Crippen MR) is 106 cm³/mol. The highest BCUT2D eigenvalue weighted by Gasteiger charge is 2.19. The highest BCUT2D eigenvalue weighted by molar-refractivity contribution is 6.30. The Kier molecular flexibility index (Phi) is 6.26. The van der Waals surface area contributed by atoms with Gasteiger partial charge in [0.1, 0.15) is 0 Å². The van der Waals surface area contributed by atoms with E-state index in [-0.39, 0.29) is 5.69 Å². The second-order valence-corrected chi connectivity index (χ2v) is 7.02. The molecule has 28 heavy (non-hydrogen) atoms. The zero-order valence-electron chi connectivity index (χ0n) is 15.9. The van der Waals surface area contributed by atoms with Gasteiger partial charge >= 0.3 is 5.97 Å². The number of halogens is 1. The Labute approximate surface area is 168 Å². The van der Waals surface area contributed by atoms with Crippen LogP contribution in [-0.4, -0.2) is 39.7 Å². The average Bonchev–Trinajstić information content (AvgIpc) is 3.14. The van der Waals surface area contributed by atoms with Gasteiger partial charge in [-0.3, -0.25) is 0 Å². The number of esters is 1. The molecule has 0 aliphatic rings. The van der Waals surface area contributed by atoms with Gasteiger partial charge in [0.25, 0.3) is 0 Å². The topological polar surface area (TPSA) is 79.1 Å². The van der Waals surface area contributed by atoms with E-state index in [0.29, 0.717) is 34.9 Å². The van der Waals surface area contributed by atoms with E-state index in [4.69, 9.17) is 21.1 Å². The Morgan fingerprint density at radius 2 is 1.89 bits per heavy atom. The van der Waals surface area contributed by atoms with Crippen molar-refractivity contribution in [1.29, 1.82) is 0 Å².